The molecule has 28 heavy (non-hydrogen) atoms. The fourth-order valence-electron chi connectivity index (χ4n) is 2.95. The second-order valence-corrected chi connectivity index (χ2v) is 6.63. The first kappa shape index (κ1) is 19.6. The Labute approximate surface area is 165 Å². The lowest BCUT2D eigenvalue weighted by Crippen LogP contribution is -2.29. The Morgan fingerprint density at radius 3 is 2.79 bits per heavy atom. The first-order chi connectivity index (χ1) is 13.6. The van der Waals surface area contributed by atoms with E-state index in [-0.39, 0.29) is 5.96 Å². The molecule has 7 heteroatoms. The summed E-state index contributed by atoms with van der Waals surface area (Å²) in [6.07, 6.45) is 6.55. The molecule has 0 saturated carbocycles. The van der Waals surface area contributed by atoms with E-state index in [1.165, 1.54) is 0 Å². The number of benzene rings is 1. The predicted octanol–water partition coefficient (Wildman–Crippen LogP) is 2.76. The number of ether oxygens (including phenoxy) is 1. The summed E-state index contributed by atoms with van der Waals surface area (Å²) in [5.74, 6) is 0.199. The van der Waals surface area contributed by atoms with Crippen molar-refractivity contribution in [1.82, 2.24) is 9.88 Å². The quantitative estimate of drug-likeness (QED) is 0.458. The smallest absolute Gasteiger partial charge is 0.218 e. The van der Waals surface area contributed by atoms with Crippen LogP contribution < -0.4 is 10.6 Å². The van der Waals surface area contributed by atoms with Gasteiger partial charge < -0.3 is 20.3 Å². The molecule has 1 aliphatic heterocycles. The number of hydrogen-bond donors (Lipinski definition) is 2. The maximum Gasteiger partial charge on any atom is 0.218 e. The number of nitrogens with one attached hydrogen (secondary N) is 1. The fraction of sp³-hybridized carbons (Fsp3) is 0.286. The third-order valence-electron chi connectivity index (χ3n) is 4.61. The Morgan fingerprint density at radius 2 is 2.11 bits per heavy atom. The Bertz CT molecular complexity index is 860. The number of likely N-dealkylation sites (N-methyl/N-ethyl adjacent to an activating group) is 1. The molecular formula is C21H26N6O. The maximum atomic E-state index is 8.38. The number of hydrogen-bond acceptors (Lipinski definition) is 5. The lowest BCUT2D eigenvalue weighted by molar-refractivity contribution is 0.182. The second-order valence-electron chi connectivity index (χ2n) is 6.63. The van der Waals surface area contributed by atoms with Crippen molar-refractivity contribution >= 4 is 23.0 Å². The van der Waals surface area contributed by atoms with Crippen LogP contribution in [0.15, 0.2) is 65.6 Å². The van der Waals surface area contributed by atoms with Crippen LogP contribution in [0.2, 0.25) is 0 Å². The maximum absolute atomic E-state index is 8.38. The molecule has 2 aromatic rings. The van der Waals surface area contributed by atoms with Gasteiger partial charge >= 0.3 is 0 Å². The van der Waals surface area contributed by atoms with E-state index < -0.39 is 0 Å². The Kier molecular flexibility index (Phi) is 6.39. The van der Waals surface area contributed by atoms with Crippen LogP contribution in [-0.2, 0) is 4.74 Å². The third kappa shape index (κ3) is 4.75. The summed E-state index contributed by atoms with van der Waals surface area (Å²) >= 11 is 0. The van der Waals surface area contributed by atoms with Crippen LogP contribution in [0, 0.1) is 5.41 Å². The molecule has 3 rings (SSSR count). The van der Waals surface area contributed by atoms with Crippen molar-refractivity contribution in [2.75, 3.05) is 44.5 Å². The van der Waals surface area contributed by atoms with Crippen LogP contribution in [0.1, 0.15) is 12.0 Å². The van der Waals surface area contributed by atoms with Gasteiger partial charge in [0, 0.05) is 50.9 Å². The molecule has 0 spiro atoms. The molecule has 0 radical (unpaired) electrons. The number of aliphatic imine (C=N–C) groups is 1. The van der Waals surface area contributed by atoms with Crippen molar-refractivity contribution in [2.24, 2.45) is 4.99 Å². The summed E-state index contributed by atoms with van der Waals surface area (Å²) in [5, 5.41) is 8.38. The standard InChI is InChI=1S/C21H26N6O/c1-26(12-13-28-2)21(23)25-20(16-5-7-18(22)8-6-16)17-9-11-27(15-17)19-4-3-10-24-14-19/h3-8,10,14-15,23H,9,11-13,22H2,1-2H3. The zero-order valence-electron chi connectivity index (χ0n) is 16.3. The number of guanidine groups is 1. The van der Waals surface area contributed by atoms with Gasteiger partial charge in [-0.2, -0.15) is 0 Å². The van der Waals surface area contributed by atoms with Crippen LogP contribution in [0.4, 0.5) is 11.4 Å². The van der Waals surface area contributed by atoms with Crippen molar-refractivity contribution in [3.63, 3.8) is 0 Å². The number of nitrogens with zero attached hydrogens (tertiary/aromatic N) is 4. The molecule has 0 amide bonds. The molecule has 1 aromatic carbocycles. The van der Waals surface area contributed by atoms with Crippen molar-refractivity contribution in [3.8, 4) is 0 Å². The monoisotopic (exact) mass is 378 g/mol. The minimum absolute atomic E-state index is 0.199. The molecule has 0 unspecified atom stereocenters. The van der Waals surface area contributed by atoms with Gasteiger partial charge in [-0.3, -0.25) is 10.4 Å². The van der Waals surface area contributed by atoms with Gasteiger partial charge in [0.15, 0.2) is 0 Å². The van der Waals surface area contributed by atoms with Gasteiger partial charge in [-0.1, -0.05) is 12.1 Å². The number of pyridine rings is 1. The number of methoxy groups -OCH3 is 1. The van der Waals surface area contributed by atoms with Gasteiger partial charge in [0.25, 0.3) is 0 Å². The summed E-state index contributed by atoms with van der Waals surface area (Å²) in [6.45, 7) is 2.00. The van der Waals surface area contributed by atoms with Gasteiger partial charge in [-0.15, -0.1) is 0 Å². The molecular weight excluding hydrogens is 352 g/mol. The van der Waals surface area contributed by atoms with Crippen molar-refractivity contribution in [1.29, 1.82) is 5.41 Å². The first-order valence-corrected chi connectivity index (χ1v) is 9.19. The fourth-order valence-corrected chi connectivity index (χ4v) is 2.95. The van der Waals surface area contributed by atoms with Crippen molar-refractivity contribution in [3.05, 3.63) is 66.1 Å². The second kappa shape index (κ2) is 9.14. The topological polar surface area (TPSA) is 90.8 Å². The highest BCUT2D eigenvalue weighted by atomic mass is 16.5. The SMILES string of the molecule is COCCN(C)C(=N)N=C(C1=CN(c2cccnc2)CC1)c1ccc(N)cc1. The Morgan fingerprint density at radius 1 is 1.32 bits per heavy atom. The number of nitrogen functional groups attached to an aromatic ring is 1. The van der Waals surface area contributed by atoms with E-state index in [1.807, 2.05) is 49.6 Å². The molecule has 3 N–H and O–H groups in total. The number of aromatic nitrogens is 1. The van der Waals surface area contributed by atoms with Crippen LogP contribution in [0.3, 0.4) is 0 Å². The summed E-state index contributed by atoms with van der Waals surface area (Å²) in [7, 11) is 3.49. The average molecular weight is 378 g/mol. The van der Waals surface area contributed by atoms with Crippen molar-refractivity contribution in [2.45, 2.75) is 6.42 Å². The zero-order chi connectivity index (χ0) is 19.9. The summed E-state index contributed by atoms with van der Waals surface area (Å²) < 4.78 is 5.10. The van der Waals surface area contributed by atoms with E-state index in [0.29, 0.717) is 18.8 Å². The summed E-state index contributed by atoms with van der Waals surface area (Å²) in [6, 6.07) is 11.6. The van der Waals surface area contributed by atoms with E-state index >= 15 is 0 Å². The number of anilines is 2. The van der Waals surface area contributed by atoms with Gasteiger partial charge in [0.05, 0.1) is 24.2 Å². The van der Waals surface area contributed by atoms with Crippen molar-refractivity contribution < 1.29 is 4.74 Å². The molecule has 1 aliphatic rings. The van der Waals surface area contributed by atoms with E-state index in [1.54, 1.807) is 18.2 Å². The lowest BCUT2D eigenvalue weighted by Gasteiger charge is -2.17. The zero-order valence-corrected chi connectivity index (χ0v) is 16.3. The molecule has 7 nitrogen and oxygen atoms in total. The van der Waals surface area contributed by atoms with Gasteiger partial charge in [0.1, 0.15) is 0 Å². The minimum atomic E-state index is 0.199. The van der Waals surface area contributed by atoms with Crippen LogP contribution >= 0.6 is 0 Å². The lowest BCUT2D eigenvalue weighted by atomic mass is 10.0. The highest BCUT2D eigenvalue weighted by molar-refractivity contribution is 6.17. The largest absolute Gasteiger partial charge is 0.399 e. The minimum Gasteiger partial charge on any atom is -0.399 e. The third-order valence-corrected chi connectivity index (χ3v) is 4.61. The molecule has 0 aliphatic carbocycles. The molecule has 0 fully saturated rings. The highest BCUT2D eigenvalue weighted by Gasteiger charge is 2.20. The molecule has 2 heterocycles. The van der Waals surface area contributed by atoms with Gasteiger partial charge in [0.2, 0.25) is 5.96 Å². The summed E-state index contributed by atoms with van der Waals surface area (Å²) in [5.41, 5.74) is 10.4. The number of rotatable bonds is 6. The molecule has 0 saturated heterocycles. The highest BCUT2D eigenvalue weighted by Crippen LogP contribution is 2.25. The molecule has 0 atom stereocenters. The number of nitrogens with two attached hydrogens (primary N) is 1. The Hall–Kier alpha value is -3.19. The summed E-state index contributed by atoms with van der Waals surface area (Å²) in [4.78, 5) is 12.8. The van der Waals surface area contributed by atoms with E-state index in [2.05, 4.69) is 21.1 Å². The average Bonchev–Trinajstić information content (AvgIpc) is 3.21. The molecule has 1 aromatic heterocycles. The van der Waals surface area contributed by atoms with Gasteiger partial charge in [-0.05, 0) is 36.3 Å². The first-order valence-electron chi connectivity index (χ1n) is 9.19. The van der Waals surface area contributed by atoms with E-state index in [0.717, 1.165) is 35.5 Å². The Balaban J connectivity index is 1.91. The van der Waals surface area contributed by atoms with Crippen LogP contribution in [0.25, 0.3) is 0 Å². The molecule has 146 valence electrons. The predicted molar refractivity (Wildman–Crippen MR) is 114 cm³/mol. The van der Waals surface area contributed by atoms with Gasteiger partial charge in [-0.25, -0.2) is 4.99 Å². The van der Waals surface area contributed by atoms with Crippen LogP contribution in [-0.4, -0.2) is 55.4 Å². The van der Waals surface area contributed by atoms with Crippen LogP contribution in [0.5, 0.6) is 0 Å². The normalized spacial score (nSPS) is 14.1. The van der Waals surface area contributed by atoms with E-state index in [9.17, 15) is 0 Å². The molecule has 0 bridgehead atoms. The van der Waals surface area contributed by atoms with E-state index in [4.69, 9.17) is 15.9 Å².